The van der Waals surface area contributed by atoms with E-state index in [2.05, 4.69) is 19.2 Å². The molecule has 154 valence electrons. The topological polar surface area (TPSA) is 55.4 Å². The van der Waals surface area contributed by atoms with Crippen LogP contribution in [0.5, 0.6) is 0 Å². The number of rotatable bonds is 8. The molecule has 0 saturated carbocycles. The van der Waals surface area contributed by atoms with Crippen LogP contribution in [0, 0.1) is 0 Å². The van der Waals surface area contributed by atoms with Crippen LogP contribution in [0.1, 0.15) is 36.1 Å². The van der Waals surface area contributed by atoms with Crippen molar-refractivity contribution in [2.24, 2.45) is 0 Å². The highest BCUT2D eigenvalue weighted by Gasteiger charge is 2.24. The van der Waals surface area contributed by atoms with Gasteiger partial charge in [-0.05, 0) is 41.3 Å². The highest BCUT2D eigenvalue weighted by molar-refractivity contribution is 8.00. The third-order valence-corrected chi connectivity index (χ3v) is 5.76. The van der Waals surface area contributed by atoms with Gasteiger partial charge in [0.1, 0.15) is 5.25 Å². The van der Waals surface area contributed by atoms with E-state index in [-0.39, 0.29) is 12.5 Å². The molecular weight excluding hydrogens is 394 g/mol. The first-order chi connectivity index (χ1) is 14.5. The summed E-state index contributed by atoms with van der Waals surface area (Å²) in [6, 6.07) is 26.8. The summed E-state index contributed by atoms with van der Waals surface area (Å²) >= 11 is 1.40. The van der Waals surface area contributed by atoms with Gasteiger partial charge >= 0.3 is 5.97 Å². The van der Waals surface area contributed by atoms with Gasteiger partial charge in [0.25, 0.3) is 5.91 Å². The summed E-state index contributed by atoms with van der Waals surface area (Å²) in [7, 11) is 0. The number of hydrogen-bond donors (Lipinski definition) is 1. The van der Waals surface area contributed by atoms with Crippen molar-refractivity contribution in [1.82, 2.24) is 0 Å². The number of ether oxygens (including phenoxy) is 1. The van der Waals surface area contributed by atoms with Crippen LogP contribution < -0.4 is 5.32 Å². The van der Waals surface area contributed by atoms with Gasteiger partial charge in [-0.1, -0.05) is 74.5 Å². The van der Waals surface area contributed by atoms with Crippen molar-refractivity contribution < 1.29 is 14.3 Å². The zero-order valence-electron chi connectivity index (χ0n) is 17.1. The van der Waals surface area contributed by atoms with Gasteiger partial charge in [0.05, 0.1) is 0 Å². The normalized spacial score (nSPS) is 11.7. The lowest BCUT2D eigenvalue weighted by Gasteiger charge is -2.16. The Morgan fingerprint density at radius 2 is 1.43 bits per heavy atom. The van der Waals surface area contributed by atoms with E-state index < -0.39 is 11.2 Å². The average Bonchev–Trinajstić information content (AvgIpc) is 2.77. The third-order valence-electron chi connectivity index (χ3n) is 4.52. The molecule has 3 aromatic rings. The Hall–Kier alpha value is -3.05. The minimum atomic E-state index is -0.549. The largest absolute Gasteiger partial charge is 0.454 e. The van der Waals surface area contributed by atoms with Crippen LogP contribution in [-0.2, 0) is 14.3 Å². The van der Waals surface area contributed by atoms with E-state index in [1.54, 1.807) is 0 Å². The van der Waals surface area contributed by atoms with Crippen molar-refractivity contribution in [2.75, 3.05) is 11.9 Å². The van der Waals surface area contributed by atoms with Crippen molar-refractivity contribution in [3.05, 3.63) is 96.1 Å². The van der Waals surface area contributed by atoms with Gasteiger partial charge in [-0.2, -0.15) is 0 Å². The predicted molar refractivity (Wildman–Crippen MR) is 122 cm³/mol. The van der Waals surface area contributed by atoms with Gasteiger partial charge in [0.2, 0.25) is 0 Å². The van der Waals surface area contributed by atoms with Crippen LogP contribution in [0.15, 0.2) is 89.8 Å². The smallest absolute Gasteiger partial charge is 0.324 e. The molecule has 3 rings (SSSR count). The molecule has 30 heavy (non-hydrogen) atoms. The molecule has 0 unspecified atom stereocenters. The summed E-state index contributed by atoms with van der Waals surface area (Å²) in [5, 5.41) is 2.22. The van der Waals surface area contributed by atoms with E-state index >= 15 is 0 Å². The Balaban J connectivity index is 1.61. The maximum absolute atomic E-state index is 12.8. The molecule has 0 fully saturated rings. The molecule has 0 bridgehead atoms. The van der Waals surface area contributed by atoms with Gasteiger partial charge in [0, 0.05) is 10.6 Å². The molecule has 0 spiro atoms. The lowest BCUT2D eigenvalue weighted by atomic mass is 10.0. The number of carbonyl (C=O) groups is 2. The molecule has 0 aliphatic carbocycles. The van der Waals surface area contributed by atoms with E-state index in [9.17, 15) is 9.59 Å². The molecule has 3 aromatic carbocycles. The molecule has 1 atom stereocenters. The van der Waals surface area contributed by atoms with Crippen LogP contribution in [0.2, 0.25) is 0 Å². The first-order valence-electron chi connectivity index (χ1n) is 9.86. The number of thioether (sulfide) groups is 1. The second kappa shape index (κ2) is 10.6. The average molecular weight is 420 g/mol. The lowest BCUT2D eigenvalue weighted by Crippen LogP contribution is -2.23. The molecule has 0 heterocycles. The van der Waals surface area contributed by atoms with Gasteiger partial charge < -0.3 is 10.1 Å². The maximum atomic E-state index is 12.8. The fourth-order valence-corrected chi connectivity index (χ4v) is 3.92. The van der Waals surface area contributed by atoms with Crippen molar-refractivity contribution in [3.8, 4) is 0 Å². The molecule has 0 aliphatic rings. The van der Waals surface area contributed by atoms with Gasteiger partial charge in [-0.15, -0.1) is 11.8 Å². The molecular formula is C25H25NO3S. The van der Waals surface area contributed by atoms with Crippen molar-refractivity contribution in [1.29, 1.82) is 0 Å². The van der Waals surface area contributed by atoms with Crippen molar-refractivity contribution >= 4 is 29.3 Å². The van der Waals surface area contributed by atoms with E-state index in [0.29, 0.717) is 11.6 Å². The van der Waals surface area contributed by atoms with E-state index in [1.165, 1.54) is 17.3 Å². The summed E-state index contributed by atoms with van der Waals surface area (Å²) in [4.78, 5) is 26.0. The van der Waals surface area contributed by atoms with Crippen molar-refractivity contribution in [3.63, 3.8) is 0 Å². The Labute approximate surface area is 181 Å². The van der Waals surface area contributed by atoms with Crippen LogP contribution in [0.25, 0.3) is 0 Å². The van der Waals surface area contributed by atoms with Crippen LogP contribution in [0.3, 0.4) is 0 Å². The lowest BCUT2D eigenvalue weighted by molar-refractivity contribution is -0.146. The number of nitrogens with one attached hydrogen (secondary N) is 1. The Bertz CT molecular complexity index is 957. The monoisotopic (exact) mass is 419 g/mol. The quantitative estimate of drug-likeness (QED) is 0.369. The number of benzene rings is 3. The highest BCUT2D eigenvalue weighted by Crippen LogP contribution is 2.36. The maximum Gasteiger partial charge on any atom is 0.324 e. The van der Waals surface area contributed by atoms with Crippen LogP contribution in [-0.4, -0.2) is 18.5 Å². The molecule has 0 aliphatic heterocycles. The zero-order chi connectivity index (χ0) is 21.3. The second-order valence-corrected chi connectivity index (χ2v) is 8.33. The Morgan fingerprint density at radius 3 is 2.03 bits per heavy atom. The highest BCUT2D eigenvalue weighted by atomic mass is 32.2. The molecule has 1 N–H and O–H groups in total. The predicted octanol–water partition coefficient (Wildman–Crippen LogP) is 5.83. The van der Waals surface area contributed by atoms with Gasteiger partial charge in [0.15, 0.2) is 6.61 Å². The SMILES string of the molecule is CC(C)c1ccc(NC(=O)COC(=O)[C@@H](Sc2ccccc2)c2ccccc2)cc1. The summed E-state index contributed by atoms with van der Waals surface area (Å²) in [5.74, 6) is -0.384. The number of esters is 1. The van der Waals surface area contributed by atoms with Gasteiger partial charge in [-0.3, -0.25) is 9.59 Å². The first kappa shape index (κ1) is 21.7. The summed E-state index contributed by atoms with van der Waals surface area (Å²) < 4.78 is 5.35. The molecule has 5 heteroatoms. The van der Waals surface area contributed by atoms with E-state index in [1.807, 2.05) is 84.9 Å². The van der Waals surface area contributed by atoms with Crippen LogP contribution in [0.4, 0.5) is 5.69 Å². The minimum absolute atomic E-state index is 0.330. The molecule has 0 saturated heterocycles. The third kappa shape index (κ3) is 6.22. The number of amides is 1. The molecule has 0 radical (unpaired) electrons. The molecule has 1 amide bonds. The fourth-order valence-electron chi connectivity index (χ4n) is 2.88. The molecule has 0 aromatic heterocycles. The van der Waals surface area contributed by atoms with E-state index in [4.69, 9.17) is 4.74 Å². The van der Waals surface area contributed by atoms with Gasteiger partial charge in [-0.25, -0.2) is 0 Å². The standard InChI is InChI=1S/C25H25NO3S/c1-18(2)19-13-15-21(16-14-19)26-23(27)17-29-25(28)24(20-9-5-3-6-10-20)30-22-11-7-4-8-12-22/h3-16,18,24H,17H2,1-2H3,(H,26,27)/t24-/m0/s1. The summed E-state index contributed by atoms with van der Waals surface area (Å²) in [6.07, 6.45) is 0. The number of hydrogen-bond acceptors (Lipinski definition) is 4. The number of carbonyl (C=O) groups excluding carboxylic acids is 2. The van der Waals surface area contributed by atoms with E-state index in [0.717, 1.165) is 10.5 Å². The fraction of sp³-hybridized carbons (Fsp3) is 0.200. The Kier molecular flexibility index (Phi) is 7.69. The van der Waals surface area contributed by atoms with Crippen molar-refractivity contribution in [2.45, 2.75) is 29.9 Å². The molecule has 4 nitrogen and oxygen atoms in total. The zero-order valence-corrected chi connectivity index (χ0v) is 17.9. The Morgan fingerprint density at radius 1 is 0.833 bits per heavy atom. The minimum Gasteiger partial charge on any atom is -0.454 e. The summed E-state index contributed by atoms with van der Waals surface area (Å²) in [5.41, 5.74) is 2.71. The van der Waals surface area contributed by atoms with Crippen LogP contribution >= 0.6 is 11.8 Å². The first-order valence-corrected chi connectivity index (χ1v) is 10.7. The summed E-state index contributed by atoms with van der Waals surface area (Å²) in [6.45, 7) is 3.90. The second-order valence-electron chi connectivity index (χ2n) is 7.15. The number of anilines is 1.